The van der Waals surface area contributed by atoms with Gasteiger partial charge in [-0.2, -0.15) is 0 Å². The fourth-order valence-electron chi connectivity index (χ4n) is 1.54. The molecule has 0 N–H and O–H groups in total. The molecule has 2 aliphatic heterocycles. The molecular weight excluding hydrogens is 216 g/mol. The first-order chi connectivity index (χ1) is 8.42. The second kappa shape index (κ2) is 4.84. The molecule has 2 saturated heterocycles. The highest BCUT2D eigenvalue weighted by molar-refractivity contribution is 5.81. The van der Waals surface area contributed by atoms with Crippen molar-refractivity contribution >= 4 is 10.8 Å². The number of benzene rings is 2. The van der Waals surface area contributed by atoms with E-state index in [2.05, 4.69) is 48.5 Å². The van der Waals surface area contributed by atoms with E-state index in [1.54, 1.807) is 0 Å². The van der Waals surface area contributed by atoms with Crippen molar-refractivity contribution in [3.63, 3.8) is 0 Å². The van der Waals surface area contributed by atoms with Gasteiger partial charge in [0.2, 0.25) is 0 Å². The minimum absolute atomic E-state index is 0.0625. The summed E-state index contributed by atoms with van der Waals surface area (Å²) in [6.07, 6.45) is 0.125. The van der Waals surface area contributed by atoms with Gasteiger partial charge in [-0.15, -0.1) is 0 Å². The number of epoxide rings is 2. The monoisotopic (exact) mass is 230 g/mol. The van der Waals surface area contributed by atoms with Crippen molar-refractivity contribution in [1.29, 1.82) is 0 Å². The van der Waals surface area contributed by atoms with Gasteiger partial charge in [0.25, 0.3) is 0 Å². The third kappa shape index (κ3) is 3.27. The van der Waals surface area contributed by atoms with Crippen LogP contribution in [-0.2, 0) is 14.2 Å². The average Bonchev–Trinajstić information content (AvgIpc) is 3.28. The summed E-state index contributed by atoms with van der Waals surface area (Å²) in [6.45, 7) is 1.50. The van der Waals surface area contributed by atoms with E-state index < -0.39 is 0 Å². The lowest BCUT2D eigenvalue weighted by Crippen LogP contribution is -1.97. The molecule has 2 unspecified atom stereocenters. The van der Waals surface area contributed by atoms with Gasteiger partial charge in [-0.05, 0) is 10.8 Å². The second-order valence-corrected chi connectivity index (χ2v) is 4.01. The Bertz CT molecular complexity index is 414. The van der Waals surface area contributed by atoms with Crippen LogP contribution in [0.15, 0.2) is 48.5 Å². The van der Waals surface area contributed by atoms with Crippen LogP contribution in [0.5, 0.6) is 0 Å². The van der Waals surface area contributed by atoms with E-state index in [0.29, 0.717) is 0 Å². The zero-order chi connectivity index (χ0) is 11.5. The fraction of sp³-hybridized carbons (Fsp3) is 0.286. The van der Waals surface area contributed by atoms with Gasteiger partial charge in [0, 0.05) is 0 Å². The fourth-order valence-corrected chi connectivity index (χ4v) is 1.54. The Labute approximate surface area is 99.9 Å². The number of hydrogen-bond acceptors (Lipinski definition) is 3. The molecule has 0 saturated carbocycles. The van der Waals surface area contributed by atoms with Crippen LogP contribution < -0.4 is 0 Å². The van der Waals surface area contributed by atoms with Gasteiger partial charge in [-0.25, -0.2) is 0 Å². The van der Waals surface area contributed by atoms with Crippen LogP contribution in [0.25, 0.3) is 10.8 Å². The van der Waals surface area contributed by atoms with Gasteiger partial charge in [-0.1, -0.05) is 48.5 Å². The van der Waals surface area contributed by atoms with Crippen molar-refractivity contribution in [2.75, 3.05) is 13.2 Å². The Kier molecular flexibility index (Phi) is 3.05. The second-order valence-electron chi connectivity index (χ2n) is 4.01. The molecule has 0 amide bonds. The van der Waals surface area contributed by atoms with Gasteiger partial charge in [0.15, 0.2) is 12.6 Å². The van der Waals surface area contributed by atoms with Gasteiger partial charge in [0.05, 0.1) is 0 Å². The van der Waals surface area contributed by atoms with Crippen molar-refractivity contribution in [2.24, 2.45) is 0 Å². The predicted octanol–water partition coefficient (Wildman–Crippen LogP) is 2.56. The van der Waals surface area contributed by atoms with Crippen molar-refractivity contribution in [3.8, 4) is 0 Å². The molecule has 0 aromatic heterocycles. The largest absolute Gasteiger partial charge is 0.345 e. The van der Waals surface area contributed by atoms with Crippen molar-refractivity contribution in [2.45, 2.75) is 12.6 Å². The lowest BCUT2D eigenvalue weighted by Gasteiger charge is -1.92. The van der Waals surface area contributed by atoms with Crippen LogP contribution in [0.4, 0.5) is 0 Å². The van der Waals surface area contributed by atoms with Gasteiger partial charge in [0.1, 0.15) is 13.2 Å². The molecule has 2 aromatic carbocycles. The zero-order valence-electron chi connectivity index (χ0n) is 9.41. The molecule has 0 radical (unpaired) electrons. The Hall–Kier alpha value is -1.42. The molecule has 17 heavy (non-hydrogen) atoms. The lowest BCUT2D eigenvalue weighted by atomic mass is 10.1. The number of hydrogen-bond donors (Lipinski definition) is 0. The normalized spacial score (nSPS) is 24.9. The Morgan fingerprint density at radius 3 is 1.41 bits per heavy atom. The van der Waals surface area contributed by atoms with E-state index in [-0.39, 0.29) is 12.6 Å². The maximum absolute atomic E-state index is 5.03. The standard InChI is InChI=1S/C10H8.C4H6O3/c1-2-6-10-8-4-3-7-9(10)5-1;1-3(5-1)7-4-2-6-4/h1-8H;3-4H,1-2H2. The molecule has 2 fully saturated rings. The maximum atomic E-state index is 5.03. The van der Waals surface area contributed by atoms with Crippen LogP contribution in [0, 0.1) is 0 Å². The van der Waals surface area contributed by atoms with Crippen LogP contribution >= 0.6 is 0 Å². The summed E-state index contributed by atoms with van der Waals surface area (Å²) in [5, 5.41) is 2.62. The van der Waals surface area contributed by atoms with Crippen LogP contribution in [0.1, 0.15) is 0 Å². The van der Waals surface area contributed by atoms with E-state index >= 15 is 0 Å². The SMILES string of the molecule is C1OC1OC1CO1.c1ccc2ccccc2c1. The Morgan fingerprint density at radius 2 is 1.12 bits per heavy atom. The summed E-state index contributed by atoms with van der Waals surface area (Å²) in [6, 6.07) is 16.7. The minimum atomic E-state index is 0.0625. The first-order valence-corrected chi connectivity index (χ1v) is 5.74. The molecule has 0 spiro atoms. The van der Waals surface area contributed by atoms with Crippen molar-refractivity contribution < 1.29 is 14.2 Å². The molecule has 3 heteroatoms. The van der Waals surface area contributed by atoms with Crippen molar-refractivity contribution in [3.05, 3.63) is 48.5 Å². The quantitative estimate of drug-likeness (QED) is 0.743. The number of fused-ring (bicyclic) bond motifs is 1. The zero-order valence-corrected chi connectivity index (χ0v) is 9.41. The van der Waals surface area contributed by atoms with Gasteiger partial charge in [-0.3, -0.25) is 0 Å². The number of rotatable bonds is 2. The van der Waals surface area contributed by atoms with Crippen LogP contribution in [-0.4, -0.2) is 25.8 Å². The third-order valence-electron chi connectivity index (χ3n) is 2.57. The lowest BCUT2D eigenvalue weighted by molar-refractivity contribution is -0.00984. The Balaban J connectivity index is 0.000000113. The summed E-state index contributed by atoms with van der Waals surface area (Å²) >= 11 is 0. The Morgan fingerprint density at radius 1 is 0.765 bits per heavy atom. The summed E-state index contributed by atoms with van der Waals surface area (Å²) in [5.74, 6) is 0. The molecular formula is C14H14O3. The molecule has 0 bridgehead atoms. The molecule has 88 valence electrons. The van der Waals surface area contributed by atoms with Gasteiger partial charge < -0.3 is 14.2 Å². The minimum Gasteiger partial charge on any atom is -0.345 e. The van der Waals surface area contributed by atoms with Crippen LogP contribution in [0.2, 0.25) is 0 Å². The highest BCUT2D eigenvalue weighted by Gasteiger charge is 2.33. The summed E-state index contributed by atoms with van der Waals surface area (Å²) in [7, 11) is 0. The van der Waals surface area contributed by atoms with Crippen molar-refractivity contribution in [1.82, 2.24) is 0 Å². The topological polar surface area (TPSA) is 34.3 Å². The number of ether oxygens (including phenoxy) is 3. The third-order valence-corrected chi connectivity index (χ3v) is 2.57. The van der Waals surface area contributed by atoms with E-state index in [4.69, 9.17) is 14.2 Å². The van der Waals surface area contributed by atoms with E-state index in [1.165, 1.54) is 10.8 Å². The highest BCUT2D eigenvalue weighted by atomic mass is 16.9. The molecule has 2 aromatic rings. The van der Waals surface area contributed by atoms with E-state index in [9.17, 15) is 0 Å². The summed E-state index contributed by atoms with van der Waals surface area (Å²) < 4.78 is 14.5. The van der Waals surface area contributed by atoms with Gasteiger partial charge >= 0.3 is 0 Å². The predicted molar refractivity (Wildman–Crippen MR) is 64.5 cm³/mol. The summed E-state index contributed by atoms with van der Waals surface area (Å²) in [5.41, 5.74) is 0. The first kappa shape index (κ1) is 10.7. The molecule has 2 heterocycles. The highest BCUT2D eigenvalue weighted by Crippen LogP contribution is 2.19. The average molecular weight is 230 g/mol. The molecule has 3 nitrogen and oxygen atoms in total. The van der Waals surface area contributed by atoms with Crippen LogP contribution in [0.3, 0.4) is 0 Å². The van der Waals surface area contributed by atoms with E-state index in [0.717, 1.165) is 13.2 Å². The maximum Gasteiger partial charge on any atom is 0.184 e. The van der Waals surface area contributed by atoms with E-state index in [1.807, 2.05) is 0 Å². The molecule has 4 rings (SSSR count). The summed E-state index contributed by atoms with van der Waals surface area (Å²) in [4.78, 5) is 0. The molecule has 2 atom stereocenters. The molecule has 2 aliphatic rings. The first-order valence-electron chi connectivity index (χ1n) is 5.74. The molecule has 0 aliphatic carbocycles. The smallest absolute Gasteiger partial charge is 0.184 e.